The van der Waals surface area contributed by atoms with Crippen molar-refractivity contribution in [3.05, 3.63) is 35.9 Å². The van der Waals surface area contributed by atoms with Crippen molar-refractivity contribution in [3.63, 3.8) is 0 Å². The van der Waals surface area contributed by atoms with Gasteiger partial charge in [-0.1, -0.05) is 84.7 Å². The minimum absolute atomic E-state index is 0.140. The maximum Gasteiger partial charge on any atom is 0.325 e. The topological polar surface area (TPSA) is 52.6 Å². The largest absolute Gasteiger partial charge is 0.461 e. The quantitative estimate of drug-likeness (QED) is 0.335. The average Bonchev–Trinajstić information content (AvgIpc) is 2.74. The number of carbonyl (C=O) groups is 2. The number of benzene rings is 1. The van der Waals surface area contributed by atoms with Crippen LogP contribution in [-0.2, 0) is 19.1 Å². The van der Waals surface area contributed by atoms with Gasteiger partial charge in [0.25, 0.3) is 0 Å². The summed E-state index contributed by atoms with van der Waals surface area (Å²) < 4.78 is 12.2. The predicted octanol–water partition coefficient (Wildman–Crippen LogP) is 6.78. The van der Waals surface area contributed by atoms with E-state index >= 15 is 0 Å². The van der Waals surface area contributed by atoms with Gasteiger partial charge in [0, 0.05) is 0 Å². The summed E-state index contributed by atoms with van der Waals surface area (Å²) in [7, 11) is 0. The van der Waals surface area contributed by atoms with Crippen LogP contribution < -0.4 is 0 Å². The summed E-state index contributed by atoms with van der Waals surface area (Å²) in [6.07, 6.45) is 5.90. The van der Waals surface area contributed by atoms with Gasteiger partial charge in [-0.05, 0) is 66.8 Å². The van der Waals surface area contributed by atoms with Gasteiger partial charge in [-0.15, -0.1) is 0 Å². The van der Waals surface area contributed by atoms with Crippen LogP contribution in [0.2, 0.25) is 0 Å². The number of hydrogen-bond donors (Lipinski definition) is 0. The minimum Gasteiger partial charge on any atom is -0.461 e. The third-order valence-electron chi connectivity index (χ3n) is 8.06. The first kappa shape index (κ1) is 25.8. The average molecular weight is 457 g/mol. The van der Waals surface area contributed by atoms with Gasteiger partial charge >= 0.3 is 11.9 Å². The maximum atomic E-state index is 13.5. The molecular formula is C29H44O4. The predicted molar refractivity (Wildman–Crippen MR) is 132 cm³/mol. The first-order chi connectivity index (χ1) is 15.7. The normalized spacial score (nSPS) is 31.3. The summed E-state index contributed by atoms with van der Waals surface area (Å²) in [5.74, 6) is 0.652. The third kappa shape index (κ3) is 6.61. The van der Waals surface area contributed by atoms with E-state index in [1.165, 1.54) is 0 Å². The van der Waals surface area contributed by atoms with E-state index in [9.17, 15) is 9.59 Å². The van der Waals surface area contributed by atoms with Crippen molar-refractivity contribution in [2.24, 2.45) is 35.5 Å². The van der Waals surface area contributed by atoms with Crippen molar-refractivity contribution in [3.8, 4) is 0 Å². The summed E-state index contributed by atoms with van der Waals surface area (Å²) in [6.45, 7) is 13.2. The van der Waals surface area contributed by atoms with Gasteiger partial charge in [0.1, 0.15) is 12.2 Å². The smallest absolute Gasteiger partial charge is 0.325 e. The molecule has 1 aromatic carbocycles. The highest BCUT2D eigenvalue weighted by molar-refractivity contribution is 6.01. The maximum absolute atomic E-state index is 13.5. The molecular weight excluding hydrogens is 412 g/mol. The van der Waals surface area contributed by atoms with Crippen LogP contribution in [-0.4, -0.2) is 24.1 Å². The van der Waals surface area contributed by atoms with Crippen LogP contribution >= 0.6 is 0 Å². The van der Waals surface area contributed by atoms with E-state index in [2.05, 4.69) is 41.5 Å². The standard InChI is InChI=1S/C29H44O4/c1-18(2)23-14-12-20(5)16-25(23)32-28(30)27(22-10-8-7-9-11-22)29(31)33-26-17-21(6)13-15-24(26)19(3)4/h7-11,18-21,23-27H,12-17H2,1-6H3. The van der Waals surface area contributed by atoms with Crippen molar-refractivity contribution in [1.82, 2.24) is 0 Å². The Kier molecular flexibility index (Phi) is 9.01. The van der Waals surface area contributed by atoms with Crippen molar-refractivity contribution >= 4 is 11.9 Å². The molecule has 0 aliphatic heterocycles. The number of ether oxygens (including phenoxy) is 2. The summed E-state index contributed by atoms with van der Waals surface area (Å²) in [4.78, 5) is 27.1. The number of hydrogen-bond acceptors (Lipinski definition) is 4. The van der Waals surface area contributed by atoms with Crippen molar-refractivity contribution < 1.29 is 19.1 Å². The monoisotopic (exact) mass is 456 g/mol. The molecule has 6 unspecified atom stereocenters. The Morgan fingerprint density at radius 3 is 1.55 bits per heavy atom. The van der Waals surface area contributed by atoms with Gasteiger partial charge in [-0.2, -0.15) is 0 Å². The second kappa shape index (κ2) is 11.5. The summed E-state index contributed by atoms with van der Waals surface area (Å²) >= 11 is 0. The third-order valence-corrected chi connectivity index (χ3v) is 8.06. The molecule has 33 heavy (non-hydrogen) atoms. The molecule has 4 nitrogen and oxygen atoms in total. The van der Waals surface area contributed by atoms with E-state index in [1.807, 2.05) is 30.3 Å². The Balaban J connectivity index is 1.81. The lowest BCUT2D eigenvalue weighted by molar-refractivity contribution is -0.170. The zero-order valence-corrected chi connectivity index (χ0v) is 21.5. The second-order valence-electron chi connectivity index (χ2n) is 11.4. The molecule has 6 atom stereocenters. The van der Waals surface area contributed by atoms with Gasteiger partial charge in [0.15, 0.2) is 5.92 Å². The van der Waals surface area contributed by atoms with Gasteiger partial charge in [-0.25, -0.2) is 0 Å². The van der Waals surface area contributed by atoms with Gasteiger partial charge in [-0.3, -0.25) is 9.59 Å². The lowest BCUT2D eigenvalue weighted by Crippen LogP contribution is -2.40. The fraction of sp³-hybridized carbons (Fsp3) is 0.724. The summed E-state index contributed by atoms with van der Waals surface area (Å²) in [5, 5.41) is 0. The van der Waals surface area contributed by atoms with Crippen LogP contribution in [0.3, 0.4) is 0 Å². The zero-order valence-electron chi connectivity index (χ0n) is 21.5. The van der Waals surface area contributed by atoms with Crippen LogP contribution in [0.25, 0.3) is 0 Å². The van der Waals surface area contributed by atoms with E-state index in [0.29, 0.717) is 41.1 Å². The Bertz CT molecular complexity index is 725. The molecule has 4 heteroatoms. The van der Waals surface area contributed by atoms with E-state index < -0.39 is 17.9 Å². The van der Waals surface area contributed by atoms with E-state index in [4.69, 9.17) is 9.47 Å². The molecule has 0 N–H and O–H groups in total. The Labute approximate surface area is 200 Å². The Hall–Kier alpha value is -1.84. The summed E-state index contributed by atoms with van der Waals surface area (Å²) in [6, 6.07) is 9.29. The van der Waals surface area contributed by atoms with Crippen LogP contribution in [0.15, 0.2) is 30.3 Å². The van der Waals surface area contributed by atoms with E-state index in [-0.39, 0.29) is 12.2 Å². The van der Waals surface area contributed by atoms with Crippen molar-refractivity contribution in [2.75, 3.05) is 0 Å². The molecule has 1 aromatic rings. The fourth-order valence-electron chi connectivity index (χ4n) is 5.95. The highest BCUT2D eigenvalue weighted by Gasteiger charge is 2.41. The molecule has 2 aliphatic rings. The Morgan fingerprint density at radius 2 is 1.15 bits per heavy atom. The molecule has 2 aliphatic carbocycles. The molecule has 0 amide bonds. The van der Waals surface area contributed by atoms with E-state index in [0.717, 1.165) is 38.5 Å². The fourth-order valence-corrected chi connectivity index (χ4v) is 5.95. The van der Waals surface area contributed by atoms with Crippen molar-refractivity contribution in [1.29, 1.82) is 0 Å². The molecule has 0 radical (unpaired) electrons. The highest BCUT2D eigenvalue weighted by atomic mass is 16.6. The first-order valence-electron chi connectivity index (χ1n) is 13.1. The molecule has 0 heterocycles. The highest BCUT2D eigenvalue weighted by Crippen LogP contribution is 2.38. The van der Waals surface area contributed by atoms with Gasteiger partial charge < -0.3 is 9.47 Å². The zero-order chi connectivity index (χ0) is 24.1. The van der Waals surface area contributed by atoms with Crippen LogP contribution in [0, 0.1) is 35.5 Å². The van der Waals surface area contributed by atoms with Gasteiger partial charge in [0.2, 0.25) is 0 Å². The van der Waals surface area contributed by atoms with E-state index in [1.54, 1.807) is 0 Å². The SMILES string of the molecule is CC1CCC(C(C)C)C(OC(=O)C(C(=O)OC2CC(C)CCC2C(C)C)c2ccccc2)C1. The molecule has 0 saturated heterocycles. The van der Waals surface area contributed by atoms with Gasteiger partial charge in [0.05, 0.1) is 0 Å². The van der Waals surface area contributed by atoms with Crippen LogP contribution in [0.5, 0.6) is 0 Å². The van der Waals surface area contributed by atoms with Crippen molar-refractivity contribution in [2.45, 2.75) is 98.2 Å². The minimum atomic E-state index is -1.03. The second-order valence-corrected chi connectivity index (χ2v) is 11.4. The van der Waals surface area contributed by atoms with Crippen LogP contribution in [0.4, 0.5) is 0 Å². The molecule has 0 aromatic heterocycles. The molecule has 2 fully saturated rings. The first-order valence-corrected chi connectivity index (χ1v) is 13.1. The molecule has 2 saturated carbocycles. The lowest BCUT2D eigenvalue weighted by Gasteiger charge is -2.38. The number of rotatable bonds is 7. The molecule has 184 valence electrons. The number of esters is 2. The molecule has 0 bridgehead atoms. The lowest BCUT2D eigenvalue weighted by atomic mass is 9.75. The Morgan fingerprint density at radius 1 is 0.727 bits per heavy atom. The summed E-state index contributed by atoms with van der Waals surface area (Å²) in [5.41, 5.74) is 0.655. The molecule has 0 spiro atoms. The van der Waals surface area contributed by atoms with Crippen LogP contribution in [0.1, 0.15) is 91.5 Å². The molecule has 3 rings (SSSR count). The number of carbonyl (C=O) groups excluding carboxylic acids is 2.